The normalized spacial score (nSPS) is 12.8. The van der Waals surface area contributed by atoms with Crippen LogP contribution >= 0.6 is 0 Å². The van der Waals surface area contributed by atoms with Crippen LogP contribution in [0, 0.1) is 0 Å². The maximum Gasteiger partial charge on any atom is 0.308 e. The third-order valence-corrected chi connectivity index (χ3v) is 3.91. The largest absolute Gasteiger partial charge is 0.460 e. The number of amides is 1. The molecule has 0 fully saturated rings. The summed E-state index contributed by atoms with van der Waals surface area (Å²) in [6.07, 6.45) is 7.45. The molecular formula is C19H37NO3. The van der Waals surface area contributed by atoms with Crippen molar-refractivity contribution in [3.8, 4) is 0 Å². The van der Waals surface area contributed by atoms with Crippen LogP contribution in [0.25, 0.3) is 0 Å². The van der Waals surface area contributed by atoms with Crippen molar-refractivity contribution in [2.45, 2.75) is 105 Å². The van der Waals surface area contributed by atoms with Crippen molar-refractivity contribution >= 4 is 11.9 Å². The number of rotatable bonds is 11. The molecule has 0 heterocycles. The number of hydrogen-bond donors (Lipinski definition) is 0. The number of esters is 1. The van der Waals surface area contributed by atoms with Gasteiger partial charge in [-0.2, -0.15) is 0 Å². The van der Waals surface area contributed by atoms with Gasteiger partial charge in [0.25, 0.3) is 0 Å². The Morgan fingerprint density at radius 2 is 1.61 bits per heavy atom. The van der Waals surface area contributed by atoms with E-state index in [0.29, 0.717) is 13.0 Å². The molecule has 0 saturated heterocycles. The number of nitrogens with zero attached hydrogens (tertiary/aromatic N) is 1. The lowest BCUT2D eigenvalue weighted by Gasteiger charge is -2.29. The second kappa shape index (κ2) is 11.5. The lowest BCUT2D eigenvalue weighted by molar-refractivity contribution is -0.155. The van der Waals surface area contributed by atoms with Crippen molar-refractivity contribution in [1.29, 1.82) is 0 Å². The topological polar surface area (TPSA) is 46.6 Å². The molecule has 0 N–H and O–H groups in total. The fourth-order valence-electron chi connectivity index (χ4n) is 2.44. The SMILES string of the molecule is CCCCCCCC(=O)N(CCC(=O)OC(C)(C)C)C(C)CC. The van der Waals surface area contributed by atoms with Gasteiger partial charge in [0.2, 0.25) is 5.91 Å². The van der Waals surface area contributed by atoms with Gasteiger partial charge < -0.3 is 9.64 Å². The second-order valence-electron chi connectivity index (χ2n) is 7.35. The van der Waals surface area contributed by atoms with Crippen molar-refractivity contribution in [1.82, 2.24) is 4.90 Å². The Kier molecular flexibility index (Phi) is 10.9. The van der Waals surface area contributed by atoms with Crippen molar-refractivity contribution in [2.75, 3.05) is 6.54 Å². The minimum Gasteiger partial charge on any atom is -0.460 e. The highest BCUT2D eigenvalue weighted by Gasteiger charge is 2.21. The molecule has 0 aliphatic rings. The standard InChI is InChI=1S/C19H37NO3/c1-7-9-10-11-12-13-17(21)20(16(3)8-2)15-14-18(22)23-19(4,5)6/h16H,7-15H2,1-6H3. The van der Waals surface area contributed by atoms with E-state index in [4.69, 9.17) is 4.74 Å². The zero-order chi connectivity index (χ0) is 17.9. The van der Waals surface area contributed by atoms with E-state index < -0.39 is 5.60 Å². The zero-order valence-electron chi connectivity index (χ0n) is 16.1. The molecule has 0 aromatic heterocycles. The molecule has 0 saturated carbocycles. The van der Waals surface area contributed by atoms with Gasteiger partial charge in [-0.1, -0.05) is 39.5 Å². The molecule has 1 atom stereocenters. The highest BCUT2D eigenvalue weighted by atomic mass is 16.6. The van der Waals surface area contributed by atoms with E-state index in [1.54, 1.807) is 0 Å². The van der Waals surface area contributed by atoms with Gasteiger partial charge in [-0.05, 0) is 40.5 Å². The number of hydrogen-bond acceptors (Lipinski definition) is 3. The van der Waals surface area contributed by atoms with Crippen molar-refractivity contribution < 1.29 is 14.3 Å². The minimum atomic E-state index is -0.471. The summed E-state index contributed by atoms with van der Waals surface area (Å²) in [6.45, 7) is 12.3. The lowest BCUT2D eigenvalue weighted by atomic mass is 10.1. The van der Waals surface area contributed by atoms with Gasteiger partial charge in [-0.15, -0.1) is 0 Å². The Morgan fingerprint density at radius 3 is 2.13 bits per heavy atom. The first-order valence-corrected chi connectivity index (χ1v) is 9.22. The van der Waals surface area contributed by atoms with Gasteiger partial charge in [-0.3, -0.25) is 9.59 Å². The molecule has 0 aromatic rings. The summed E-state index contributed by atoms with van der Waals surface area (Å²) in [5.74, 6) is -0.0686. The quantitative estimate of drug-likeness (QED) is 0.408. The molecule has 0 bridgehead atoms. The number of ether oxygens (including phenoxy) is 1. The van der Waals surface area contributed by atoms with Crippen molar-refractivity contribution in [3.63, 3.8) is 0 Å². The van der Waals surface area contributed by atoms with Gasteiger partial charge in [0.1, 0.15) is 5.60 Å². The highest BCUT2D eigenvalue weighted by Crippen LogP contribution is 2.13. The summed E-state index contributed by atoms with van der Waals surface area (Å²) in [5, 5.41) is 0. The average molecular weight is 328 g/mol. The first kappa shape index (κ1) is 21.9. The molecule has 1 unspecified atom stereocenters. The van der Waals surface area contributed by atoms with Gasteiger partial charge in [0.15, 0.2) is 0 Å². The summed E-state index contributed by atoms with van der Waals surface area (Å²) >= 11 is 0. The molecule has 4 nitrogen and oxygen atoms in total. The maximum absolute atomic E-state index is 12.4. The van der Waals surface area contributed by atoms with Gasteiger partial charge >= 0.3 is 5.97 Å². The van der Waals surface area contributed by atoms with Crippen LogP contribution < -0.4 is 0 Å². The number of carbonyl (C=O) groups excluding carboxylic acids is 2. The third kappa shape index (κ3) is 11.2. The van der Waals surface area contributed by atoms with Crippen LogP contribution in [-0.4, -0.2) is 35.0 Å². The van der Waals surface area contributed by atoms with E-state index >= 15 is 0 Å². The molecule has 0 aliphatic heterocycles. The Balaban J connectivity index is 4.35. The zero-order valence-corrected chi connectivity index (χ0v) is 16.1. The van der Waals surface area contributed by atoms with Gasteiger partial charge in [-0.25, -0.2) is 0 Å². The molecule has 23 heavy (non-hydrogen) atoms. The monoisotopic (exact) mass is 327 g/mol. The van der Waals surface area contributed by atoms with E-state index in [1.165, 1.54) is 19.3 Å². The van der Waals surface area contributed by atoms with E-state index in [9.17, 15) is 9.59 Å². The molecule has 0 spiro atoms. The van der Waals surface area contributed by atoms with Crippen LogP contribution in [0.5, 0.6) is 0 Å². The van der Waals surface area contributed by atoms with Crippen molar-refractivity contribution in [2.24, 2.45) is 0 Å². The summed E-state index contributed by atoms with van der Waals surface area (Å²) in [7, 11) is 0. The average Bonchev–Trinajstić information content (AvgIpc) is 2.45. The maximum atomic E-state index is 12.4. The number of unbranched alkanes of at least 4 members (excludes halogenated alkanes) is 4. The molecule has 0 aromatic carbocycles. The molecule has 1 amide bonds. The fraction of sp³-hybridized carbons (Fsp3) is 0.895. The first-order valence-electron chi connectivity index (χ1n) is 9.22. The summed E-state index contributed by atoms with van der Waals surface area (Å²) in [5.41, 5.74) is -0.471. The highest BCUT2D eigenvalue weighted by molar-refractivity contribution is 5.77. The summed E-state index contributed by atoms with van der Waals surface area (Å²) in [6, 6.07) is 0.167. The Bertz CT molecular complexity index is 347. The minimum absolute atomic E-state index is 0.166. The van der Waals surface area contributed by atoms with E-state index in [2.05, 4.69) is 13.8 Å². The molecule has 0 radical (unpaired) electrons. The van der Waals surface area contributed by atoms with Gasteiger partial charge in [0.05, 0.1) is 6.42 Å². The first-order chi connectivity index (χ1) is 10.7. The molecule has 0 aliphatic carbocycles. The molecular weight excluding hydrogens is 290 g/mol. The molecule has 4 heteroatoms. The third-order valence-electron chi connectivity index (χ3n) is 3.91. The molecule has 136 valence electrons. The van der Waals surface area contributed by atoms with Crippen LogP contribution in [-0.2, 0) is 14.3 Å². The van der Waals surface area contributed by atoms with Gasteiger partial charge in [0, 0.05) is 19.0 Å². The van der Waals surface area contributed by atoms with Crippen LogP contribution in [0.1, 0.15) is 92.9 Å². The lowest BCUT2D eigenvalue weighted by Crippen LogP contribution is -2.40. The molecule has 0 rings (SSSR count). The number of carbonyl (C=O) groups is 2. The van der Waals surface area contributed by atoms with E-state index in [0.717, 1.165) is 19.3 Å². The Labute approximate surface area is 143 Å². The van der Waals surface area contributed by atoms with Crippen LogP contribution in [0.15, 0.2) is 0 Å². The van der Waals surface area contributed by atoms with E-state index in [1.807, 2.05) is 32.6 Å². The van der Waals surface area contributed by atoms with Crippen molar-refractivity contribution in [3.05, 3.63) is 0 Å². The second-order valence-corrected chi connectivity index (χ2v) is 7.35. The van der Waals surface area contributed by atoms with Crippen LogP contribution in [0.3, 0.4) is 0 Å². The Hall–Kier alpha value is -1.06. The summed E-state index contributed by atoms with van der Waals surface area (Å²) < 4.78 is 5.33. The smallest absolute Gasteiger partial charge is 0.308 e. The predicted molar refractivity (Wildman–Crippen MR) is 95.3 cm³/mol. The van der Waals surface area contributed by atoms with Crippen LogP contribution in [0.4, 0.5) is 0 Å². The van der Waals surface area contributed by atoms with E-state index in [-0.39, 0.29) is 24.3 Å². The Morgan fingerprint density at radius 1 is 1.00 bits per heavy atom. The fourth-order valence-corrected chi connectivity index (χ4v) is 2.44. The summed E-state index contributed by atoms with van der Waals surface area (Å²) in [4.78, 5) is 26.2. The van der Waals surface area contributed by atoms with Crippen LogP contribution in [0.2, 0.25) is 0 Å². The predicted octanol–water partition coefficient (Wildman–Crippen LogP) is 4.71.